The van der Waals surface area contributed by atoms with Crippen molar-refractivity contribution < 1.29 is 4.79 Å². The van der Waals surface area contributed by atoms with Crippen LogP contribution >= 0.6 is 0 Å². The van der Waals surface area contributed by atoms with E-state index in [1.165, 1.54) is 0 Å². The highest BCUT2D eigenvalue weighted by atomic mass is 16.1. The molecule has 0 saturated carbocycles. The highest BCUT2D eigenvalue weighted by Gasteiger charge is 2.05. The Hall–Kier alpha value is -2.89. The first-order chi connectivity index (χ1) is 10.3. The third kappa shape index (κ3) is 3.17. The first-order valence-corrected chi connectivity index (χ1v) is 6.69. The summed E-state index contributed by atoms with van der Waals surface area (Å²) >= 11 is 0. The molecule has 6 nitrogen and oxygen atoms in total. The minimum Gasteiger partial charge on any atom is -0.350 e. The van der Waals surface area contributed by atoms with Crippen molar-refractivity contribution in [3.05, 3.63) is 66.2 Å². The van der Waals surface area contributed by atoms with E-state index in [1.807, 2.05) is 41.2 Å². The van der Waals surface area contributed by atoms with Crippen molar-refractivity contribution in [3.8, 4) is 5.69 Å². The van der Waals surface area contributed by atoms with Gasteiger partial charge in [-0.3, -0.25) is 9.89 Å². The molecule has 2 N–H and O–H groups in total. The van der Waals surface area contributed by atoms with E-state index >= 15 is 0 Å². The molecule has 3 aromatic rings. The smallest absolute Gasteiger partial charge is 0.269 e. The Labute approximate surface area is 121 Å². The molecular weight excluding hydrogens is 266 g/mol. The van der Waals surface area contributed by atoms with Crippen LogP contribution in [0.1, 0.15) is 16.1 Å². The molecule has 0 spiro atoms. The van der Waals surface area contributed by atoms with Gasteiger partial charge < -0.3 is 5.32 Å². The molecule has 3 rings (SSSR count). The molecule has 0 aliphatic carbocycles. The maximum absolute atomic E-state index is 11.7. The summed E-state index contributed by atoms with van der Waals surface area (Å²) in [6, 6.07) is 11.6. The Morgan fingerprint density at radius 2 is 2.05 bits per heavy atom. The zero-order valence-electron chi connectivity index (χ0n) is 11.4. The van der Waals surface area contributed by atoms with E-state index < -0.39 is 0 Å². The minimum atomic E-state index is -0.138. The summed E-state index contributed by atoms with van der Waals surface area (Å²) in [5.41, 5.74) is 2.66. The number of rotatable bonds is 5. The van der Waals surface area contributed by atoms with Crippen LogP contribution in [0.2, 0.25) is 0 Å². The van der Waals surface area contributed by atoms with Crippen molar-refractivity contribution in [1.29, 1.82) is 0 Å². The number of benzene rings is 1. The summed E-state index contributed by atoms with van der Waals surface area (Å²) in [7, 11) is 0. The normalized spacial score (nSPS) is 10.5. The number of aromatic amines is 1. The molecule has 0 fully saturated rings. The molecule has 1 aromatic carbocycles. The van der Waals surface area contributed by atoms with Gasteiger partial charge in [-0.05, 0) is 36.2 Å². The van der Waals surface area contributed by atoms with Gasteiger partial charge in [0, 0.05) is 25.1 Å². The van der Waals surface area contributed by atoms with Crippen molar-refractivity contribution in [1.82, 2.24) is 25.3 Å². The van der Waals surface area contributed by atoms with Crippen LogP contribution in [-0.4, -0.2) is 32.4 Å². The van der Waals surface area contributed by atoms with Crippen LogP contribution < -0.4 is 5.32 Å². The van der Waals surface area contributed by atoms with E-state index in [-0.39, 0.29) is 5.91 Å². The molecular formula is C15H15N5O. The summed E-state index contributed by atoms with van der Waals surface area (Å²) in [6.45, 7) is 0.582. The van der Waals surface area contributed by atoms with E-state index in [0.29, 0.717) is 12.2 Å². The first-order valence-electron chi connectivity index (χ1n) is 6.69. The number of aromatic nitrogens is 4. The van der Waals surface area contributed by atoms with Gasteiger partial charge in [-0.1, -0.05) is 12.1 Å². The first kappa shape index (κ1) is 13.1. The van der Waals surface area contributed by atoms with Crippen LogP contribution in [0.3, 0.4) is 0 Å². The van der Waals surface area contributed by atoms with Gasteiger partial charge in [0.1, 0.15) is 5.69 Å². The molecule has 6 heteroatoms. The van der Waals surface area contributed by atoms with Gasteiger partial charge in [0.15, 0.2) is 0 Å². The van der Waals surface area contributed by atoms with Crippen molar-refractivity contribution in [3.63, 3.8) is 0 Å². The predicted molar refractivity (Wildman–Crippen MR) is 78.2 cm³/mol. The third-order valence-electron chi connectivity index (χ3n) is 3.15. The molecule has 21 heavy (non-hydrogen) atoms. The lowest BCUT2D eigenvalue weighted by molar-refractivity contribution is 0.0949. The lowest BCUT2D eigenvalue weighted by Gasteiger charge is -2.06. The lowest BCUT2D eigenvalue weighted by Crippen LogP contribution is -2.26. The molecule has 2 heterocycles. The summed E-state index contributed by atoms with van der Waals surface area (Å²) in [4.78, 5) is 11.7. The summed E-state index contributed by atoms with van der Waals surface area (Å²) in [5.74, 6) is -0.138. The Balaban J connectivity index is 1.53. The third-order valence-corrected chi connectivity index (χ3v) is 3.15. The summed E-state index contributed by atoms with van der Waals surface area (Å²) < 4.78 is 1.81. The number of nitrogens with zero attached hydrogens (tertiary/aromatic N) is 3. The molecule has 0 unspecified atom stereocenters. The Kier molecular flexibility index (Phi) is 3.77. The number of carbonyl (C=O) groups excluding carboxylic acids is 1. The van der Waals surface area contributed by atoms with E-state index in [9.17, 15) is 4.79 Å². The highest BCUT2D eigenvalue weighted by molar-refractivity contribution is 5.92. The molecule has 0 aliphatic rings. The van der Waals surface area contributed by atoms with Gasteiger partial charge in [0.25, 0.3) is 5.91 Å². The lowest BCUT2D eigenvalue weighted by atomic mass is 10.1. The topological polar surface area (TPSA) is 75.6 Å². The summed E-state index contributed by atoms with van der Waals surface area (Å²) in [5, 5.41) is 13.4. The molecule has 0 bridgehead atoms. The van der Waals surface area contributed by atoms with E-state index in [0.717, 1.165) is 17.7 Å². The second-order valence-corrected chi connectivity index (χ2v) is 4.59. The quantitative estimate of drug-likeness (QED) is 0.745. The number of H-pyrrole nitrogens is 1. The SMILES string of the molecule is O=C(NCCc1ccc(-n2cccn2)cc1)c1ccn[nH]1. The molecule has 0 atom stereocenters. The zero-order valence-corrected chi connectivity index (χ0v) is 11.4. The average Bonchev–Trinajstić information content (AvgIpc) is 3.21. The van der Waals surface area contributed by atoms with E-state index in [4.69, 9.17) is 0 Å². The Morgan fingerprint density at radius 1 is 1.19 bits per heavy atom. The minimum absolute atomic E-state index is 0.138. The van der Waals surface area contributed by atoms with Gasteiger partial charge in [0.05, 0.1) is 5.69 Å². The second-order valence-electron chi connectivity index (χ2n) is 4.59. The van der Waals surface area contributed by atoms with Gasteiger partial charge in [-0.25, -0.2) is 4.68 Å². The fourth-order valence-electron chi connectivity index (χ4n) is 2.03. The van der Waals surface area contributed by atoms with Crippen LogP contribution in [0.15, 0.2) is 55.0 Å². The number of nitrogens with one attached hydrogen (secondary N) is 2. The molecule has 1 amide bonds. The maximum Gasteiger partial charge on any atom is 0.269 e. The maximum atomic E-state index is 11.7. The fourth-order valence-corrected chi connectivity index (χ4v) is 2.03. The number of hydrogen-bond acceptors (Lipinski definition) is 3. The standard InChI is InChI=1S/C15H15N5O/c21-15(14-7-10-17-19-14)16-9-6-12-2-4-13(5-3-12)20-11-1-8-18-20/h1-5,7-8,10-11H,6,9H2,(H,16,21)(H,17,19). The molecule has 106 valence electrons. The van der Waals surface area contributed by atoms with Crippen LogP contribution in [0.4, 0.5) is 0 Å². The van der Waals surface area contributed by atoms with Crippen molar-refractivity contribution in [2.24, 2.45) is 0 Å². The van der Waals surface area contributed by atoms with Gasteiger partial charge in [-0.2, -0.15) is 10.2 Å². The second kappa shape index (κ2) is 6.04. The molecule has 0 saturated heterocycles. The fraction of sp³-hybridized carbons (Fsp3) is 0.133. The molecule has 0 radical (unpaired) electrons. The number of carbonyl (C=O) groups is 1. The van der Waals surface area contributed by atoms with Crippen LogP contribution in [-0.2, 0) is 6.42 Å². The highest BCUT2D eigenvalue weighted by Crippen LogP contribution is 2.08. The Bertz CT molecular complexity index is 686. The van der Waals surface area contributed by atoms with E-state index in [1.54, 1.807) is 18.5 Å². The van der Waals surface area contributed by atoms with Gasteiger partial charge in [-0.15, -0.1) is 0 Å². The average molecular weight is 281 g/mol. The molecule has 2 aromatic heterocycles. The van der Waals surface area contributed by atoms with Crippen LogP contribution in [0.5, 0.6) is 0 Å². The summed E-state index contributed by atoms with van der Waals surface area (Å²) in [6.07, 6.45) is 5.99. The van der Waals surface area contributed by atoms with Crippen LogP contribution in [0, 0.1) is 0 Å². The van der Waals surface area contributed by atoms with E-state index in [2.05, 4.69) is 20.6 Å². The van der Waals surface area contributed by atoms with Gasteiger partial charge >= 0.3 is 0 Å². The van der Waals surface area contributed by atoms with Crippen molar-refractivity contribution in [2.75, 3.05) is 6.54 Å². The number of hydrogen-bond donors (Lipinski definition) is 2. The Morgan fingerprint density at radius 3 is 2.71 bits per heavy atom. The van der Waals surface area contributed by atoms with Gasteiger partial charge in [0.2, 0.25) is 0 Å². The van der Waals surface area contributed by atoms with Crippen LogP contribution in [0.25, 0.3) is 5.69 Å². The van der Waals surface area contributed by atoms with Crippen molar-refractivity contribution >= 4 is 5.91 Å². The monoisotopic (exact) mass is 281 g/mol. The molecule has 0 aliphatic heterocycles. The largest absolute Gasteiger partial charge is 0.350 e. The zero-order chi connectivity index (χ0) is 14.5. The number of amides is 1. The van der Waals surface area contributed by atoms with Crippen molar-refractivity contribution in [2.45, 2.75) is 6.42 Å². The predicted octanol–water partition coefficient (Wildman–Crippen LogP) is 1.57.